The average Bonchev–Trinajstić information content (AvgIpc) is 3.89. The highest BCUT2D eigenvalue weighted by Gasteiger charge is 2.17. The summed E-state index contributed by atoms with van der Waals surface area (Å²) in [6.45, 7) is 0. The lowest BCUT2D eigenvalue weighted by atomic mass is 10.0. The predicted octanol–water partition coefficient (Wildman–Crippen LogP) is 9.37. The van der Waals surface area contributed by atoms with Gasteiger partial charge < -0.3 is 13.4 Å². The van der Waals surface area contributed by atoms with E-state index in [1.54, 1.807) is 24.9 Å². The Hall–Kier alpha value is -6.34. The van der Waals surface area contributed by atoms with Gasteiger partial charge in [0.2, 0.25) is 11.8 Å². The Balaban J connectivity index is 1.24. The molecule has 0 N–H and O–H groups in total. The van der Waals surface area contributed by atoms with E-state index in [-0.39, 0.29) is 0 Å². The van der Waals surface area contributed by atoms with Crippen LogP contribution in [-0.2, 0) is 0 Å². The number of fused-ring (bicyclic) bond motifs is 4. The van der Waals surface area contributed by atoms with Crippen molar-refractivity contribution in [3.8, 4) is 51.1 Å². The fourth-order valence-corrected chi connectivity index (χ4v) is 6.12. The highest BCUT2D eigenvalue weighted by molar-refractivity contribution is 6.12. The molecular formula is C38H23N5O2. The van der Waals surface area contributed by atoms with Gasteiger partial charge in [0, 0.05) is 39.7 Å². The molecule has 7 heteroatoms. The Morgan fingerprint density at radius 2 is 1.02 bits per heavy atom. The van der Waals surface area contributed by atoms with Crippen LogP contribution in [-0.4, -0.2) is 24.5 Å². The summed E-state index contributed by atoms with van der Waals surface area (Å²) in [6, 6.07) is 36.3. The lowest BCUT2D eigenvalue weighted by Gasteiger charge is -2.13. The first-order chi connectivity index (χ1) is 22.3. The molecule has 0 radical (unpaired) electrons. The van der Waals surface area contributed by atoms with Crippen molar-refractivity contribution < 1.29 is 8.83 Å². The van der Waals surface area contributed by atoms with E-state index in [1.807, 2.05) is 24.5 Å². The normalized spacial score (nSPS) is 11.6. The summed E-state index contributed by atoms with van der Waals surface area (Å²) in [4.78, 5) is 17.7. The van der Waals surface area contributed by atoms with Crippen molar-refractivity contribution >= 4 is 32.6 Å². The molecular weight excluding hydrogens is 558 g/mol. The molecule has 212 valence electrons. The molecule has 0 spiro atoms. The van der Waals surface area contributed by atoms with Gasteiger partial charge in [-0.1, -0.05) is 72.8 Å². The van der Waals surface area contributed by atoms with Crippen LogP contribution in [0.1, 0.15) is 0 Å². The van der Waals surface area contributed by atoms with Crippen LogP contribution in [0.4, 0.5) is 0 Å². The van der Waals surface area contributed by atoms with Gasteiger partial charge in [-0.15, -0.1) is 0 Å². The molecule has 0 amide bonds. The summed E-state index contributed by atoms with van der Waals surface area (Å²) < 4.78 is 13.2. The molecule has 0 aliphatic heterocycles. The Morgan fingerprint density at radius 3 is 1.56 bits per heavy atom. The maximum atomic E-state index is 5.43. The van der Waals surface area contributed by atoms with Crippen molar-refractivity contribution in [1.29, 1.82) is 0 Å². The van der Waals surface area contributed by atoms with Gasteiger partial charge in [-0.3, -0.25) is 9.97 Å². The molecule has 0 aliphatic rings. The third-order valence-electron chi connectivity index (χ3n) is 8.27. The van der Waals surface area contributed by atoms with Gasteiger partial charge in [0.15, 0.2) is 0 Å². The molecule has 4 aromatic carbocycles. The zero-order valence-electron chi connectivity index (χ0n) is 23.8. The molecule has 9 aromatic rings. The number of benzene rings is 4. The quantitative estimate of drug-likeness (QED) is 0.201. The van der Waals surface area contributed by atoms with Gasteiger partial charge in [-0.25, -0.2) is 9.97 Å². The minimum absolute atomic E-state index is 0.506. The van der Waals surface area contributed by atoms with E-state index in [0.717, 1.165) is 39.0 Å². The first-order valence-electron chi connectivity index (χ1n) is 14.6. The highest BCUT2D eigenvalue weighted by Crippen LogP contribution is 2.38. The summed E-state index contributed by atoms with van der Waals surface area (Å²) in [5.41, 5.74) is 8.93. The van der Waals surface area contributed by atoms with Crippen LogP contribution in [0, 0.1) is 0 Å². The van der Waals surface area contributed by atoms with Crippen molar-refractivity contribution in [2.24, 2.45) is 0 Å². The SMILES string of the molecule is c1ccc2c(-n3c4cc(-c5ccc(-c6ncco6)nc5)ccc4c4ccc(-c5ccc(-c6ncco6)nc5)cc43)cccc2c1. The minimum Gasteiger partial charge on any atom is -0.443 e. The van der Waals surface area contributed by atoms with Gasteiger partial charge in [-0.05, 0) is 46.8 Å². The second-order valence-corrected chi connectivity index (χ2v) is 10.8. The van der Waals surface area contributed by atoms with Crippen LogP contribution in [0.5, 0.6) is 0 Å². The van der Waals surface area contributed by atoms with Crippen LogP contribution in [0.25, 0.3) is 83.7 Å². The summed E-state index contributed by atoms with van der Waals surface area (Å²) in [6.07, 6.45) is 10.1. The van der Waals surface area contributed by atoms with Crippen LogP contribution < -0.4 is 0 Å². The molecule has 0 unspecified atom stereocenters. The molecule has 5 heterocycles. The van der Waals surface area contributed by atoms with E-state index < -0.39 is 0 Å². The molecule has 45 heavy (non-hydrogen) atoms. The number of hydrogen-bond acceptors (Lipinski definition) is 6. The first-order valence-corrected chi connectivity index (χ1v) is 14.6. The Kier molecular flexibility index (Phi) is 5.67. The van der Waals surface area contributed by atoms with E-state index in [1.165, 1.54) is 21.5 Å². The van der Waals surface area contributed by atoms with Gasteiger partial charge in [-0.2, -0.15) is 0 Å². The first kappa shape index (κ1) is 25.2. The Morgan fingerprint density at radius 1 is 0.467 bits per heavy atom. The molecule has 0 aliphatic carbocycles. The number of rotatable bonds is 5. The Labute approximate surface area is 257 Å². The van der Waals surface area contributed by atoms with Crippen molar-refractivity contribution in [3.63, 3.8) is 0 Å². The molecule has 0 bridgehead atoms. The van der Waals surface area contributed by atoms with E-state index in [0.29, 0.717) is 23.2 Å². The molecule has 0 saturated heterocycles. The number of aromatic nitrogens is 5. The fourth-order valence-electron chi connectivity index (χ4n) is 6.12. The van der Waals surface area contributed by atoms with Crippen LogP contribution >= 0.6 is 0 Å². The molecule has 9 rings (SSSR count). The fraction of sp³-hybridized carbons (Fsp3) is 0. The minimum atomic E-state index is 0.506. The maximum absolute atomic E-state index is 5.43. The summed E-state index contributed by atoms with van der Waals surface area (Å²) in [5, 5.41) is 4.73. The third-order valence-corrected chi connectivity index (χ3v) is 8.27. The summed E-state index contributed by atoms with van der Waals surface area (Å²) in [7, 11) is 0. The predicted molar refractivity (Wildman–Crippen MR) is 176 cm³/mol. The topological polar surface area (TPSA) is 82.8 Å². The summed E-state index contributed by atoms with van der Waals surface area (Å²) >= 11 is 0. The number of oxazole rings is 2. The molecule has 0 fully saturated rings. The number of hydrogen-bond donors (Lipinski definition) is 0. The standard InChI is InChI=1S/C38H23N5O2/c1-2-6-29-24(4-1)5-3-7-34(29)43-35-20-25(27-10-14-32(41-22-27)37-39-16-18-44-37)8-12-30(35)31-13-9-26(21-36(31)43)28-11-15-33(42-23-28)38-40-17-19-45-38/h1-23H. The van der Waals surface area contributed by atoms with Gasteiger partial charge >= 0.3 is 0 Å². The number of pyridine rings is 2. The van der Waals surface area contributed by atoms with E-state index >= 15 is 0 Å². The highest BCUT2D eigenvalue weighted by atomic mass is 16.3. The van der Waals surface area contributed by atoms with Gasteiger partial charge in [0.25, 0.3) is 0 Å². The van der Waals surface area contributed by atoms with Crippen molar-refractivity contribution in [2.45, 2.75) is 0 Å². The van der Waals surface area contributed by atoms with Gasteiger partial charge in [0.05, 0.1) is 29.1 Å². The number of nitrogens with zero attached hydrogens (tertiary/aromatic N) is 5. The van der Waals surface area contributed by atoms with Crippen LogP contribution in [0.2, 0.25) is 0 Å². The molecule has 0 saturated carbocycles. The average molecular weight is 582 g/mol. The molecule has 5 aromatic heterocycles. The second-order valence-electron chi connectivity index (χ2n) is 10.8. The van der Waals surface area contributed by atoms with Crippen LogP contribution in [0.3, 0.4) is 0 Å². The zero-order valence-corrected chi connectivity index (χ0v) is 23.8. The summed E-state index contributed by atoms with van der Waals surface area (Å²) in [5.74, 6) is 1.01. The third kappa shape index (κ3) is 4.21. The van der Waals surface area contributed by atoms with E-state index in [9.17, 15) is 0 Å². The van der Waals surface area contributed by atoms with Crippen molar-refractivity contribution in [2.75, 3.05) is 0 Å². The van der Waals surface area contributed by atoms with Crippen LogP contribution in [0.15, 0.2) is 149 Å². The largest absolute Gasteiger partial charge is 0.443 e. The lowest BCUT2D eigenvalue weighted by molar-refractivity contribution is 0.572. The maximum Gasteiger partial charge on any atom is 0.244 e. The van der Waals surface area contributed by atoms with E-state index in [4.69, 9.17) is 8.83 Å². The second kappa shape index (κ2) is 10.1. The smallest absolute Gasteiger partial charge is 0.244 e. The van der Waals surface area contributed by atoms with Gasteiger partial charge in [0.1, 0.15) is 23.9 Å². The molecule has 0 atom stereocenters. The van der Waals surface area contributed by atoms with Crippen molar-refractivity contribution in [1.82, 2.24) is 24.5 Å². The monoisotopic (exact) mass is 581 g/mol. The zero-order chi connectivity index (χ0) is 29.7. The molecule has 7 nitrogen and oxygen atoms in total. The van der Waals surface area contributed by atoms with Crippen molar-refractivity contribution in [3.05, 3.63) is 140 Å². The van der Waals surface area contributed by atoms with E-state index in [2.05, 4.69) is 115 Å². The Bertz CT molecular complexity index is 2320. The lowest BCUT2D eigenvalue weighted by Crippen LogP contribution is -1.96.